The van der Waals surface area contributed by atoms with Crippen LogP contribution in [0.4, 0.5) is 0 Å². The van der Waals surface area contributed by atoms with E-state index in [0.29, 0.717) is 24.6 Å². The minimum Gasteiger partial charge on any atom is -0.477 e. The number of pyridine rings is 2. The van der Waals surface area contributed by atoms with Crippen LogP contribution in [0.15, 0.2) is 55.4 Å². The molecule has 0 bridgehead atoms. The van der Waals surface area contributed by atoms with Crippen molar-refractivity contribution in [2.75, 3.05) is 6.61 Å². The summed E-state index contributed by atoms with van der Waals surface area (Å²) in [5, 5.41) is 2.88. The van der Waals surface area contributed by atoms with Gasteiger partial charge in [-0.3, -0.25) is 9.36 Å². The van der Waals surface area contributed by atoms with Gasteiger partial charge in [-0.05, 0) is 25.1 Å². The standard InChI is InChI=1S/C17H17N5O2/c1-2-24-17-14(6-4-8-20-17)16(23)21-11-13-5-3-7-19-15(13)22-10-9-18-12-22/h3-10,12H,2,11H2,1H3,(H,21,23). The van der Waals surface area contributed by atoms with Gasteiger partial charge in [-0.25, -0.2) is 15.0 Å². The summed E-state index contributed by atoms with van der Waals surface area (Å²) >= 11 is 0. The number of amides is 1. The predicted molar refractivity (Wildman–Crippen MR) is 87.9 cm³/mol. The molecule has 0 aliphatic carbocycles. The van der Waals surface area contributed by atoms with E-state index in [2.05, 4.69) is 20.3 Å². The van der Waals surface area contributed by atoms with E-state index in [1.807, 2.05) is 25.3 Å². The van der Waals surface area contributed by atoms with E-state index in [0.717, 1.165) is 11.4 Å². The molecule has 122 valence electrons. The maximum Gasteiger partial charge on any atom is 0.257 e. The van der Waals surface area contributed by atoms with Crippen LogP contribution in [0.5, 0.6) is 5.88 Å². The van der Waals surface area contributed by atoms with Crippen molar-refractivity contribution < 1.29 is 9.53 Å². The Kier molecular flexibility index (Phi) is 4.81. The Morgan fingerprint density at radius 2 is 2.04 bits per heavy atom. The second kappa shape index (κ2) is 7.36. The number of nitrogens with zero attached hydrogens (tertiary/aromatic N) is 4. The number of ether oxygens (including phenoxy) is 1. The van der Waals surface area contributed by atoms with Crippen molar-refractivity contribution in [3.8, 4) is 11.7 Å². The van der Waals surface area contributed by atoms with Gasteiger partial charge in [-0.2, -0.15) is 0 Å². The smallest absolute Gasteiger partial charge is 0.257 e. The zero-order valence-electron chi connectivity index (χ0n) is 13.2. The van der Waals surface area contributed by atoms with Crippen molar-refractivity contribution in [2.45, 2.75) is 13.5 Å². The number of carbonyl (C=O) groups is 1. The van der Waals surface area contributed by atoms with Crippen molar-refractivity contribution in [1.29, 1.82) is 0 Å². The third-order valence-electron chi connectivity index (χ3n) is 3.35. The molecule has 0 saturated heterocycles. The second-order valence-corrected chi connectivity index (χ2v) is 4.93. The largest absolute Gasteiger partial charge is 0.477 e. The van der Waals surface area contributed by atoms with Crippen molar-refractivity contribution in [3.63, 3.8) is 0 Å². The van der Waals surface area contributed by atoms with Crippen LogP contribution in [-0.2, 0) is 6.54 Å². The summed E-state index contributed by atoms with van der Waals surface area (Å²) in [5.74, 6) is 0.817. The maximum atomic E-state index is 12.4. The van der Waals surface area contributed by atoms with E-state index < -0.39 is 0 Å². The molecular formula is C17H17N5O2. The van der Waals surface area contributed by atoms with Gasteiger partial charge in [0.25, 0.3) is 5.91 Å². The van der Waals surface area contributed by atoms with Gasteiger partial charge < -0.3 is 10.1 Å². The first-order chi connectivity index (χ1) is 11.8. The summed E-state index contributed by atoms with van der Waals surface area (Å²) in [4.78, 5) is 24.9. The van der Waals surface area contributed by atoms with Crippen LogP contribution in [0.3, 0.4) is 0 Å². The highest BCUT2D eigenvalue weighted by Crippen LogP contribution is 2.15. The van der Waals surface area contributed by atoms with Crippen molar-refractivity contribution >= 4 is 5.91 Å². The fourth-order valence-electron chi connectivity index (χ4n) is 2.27. The van der Waals surface area contributed by atoms with Gasteiger partial charge in [-0.15, -0.1) is 0 Å². The van der Waals surface area contributed by atoms with Gasteiger partial charge >= 0.3 is 0 Å². The molecule has 1 amide bonds. The molecule has 3 aromatic heterocycles. The molecule has 7 nitrogen and oxygen atoms in total. The molecule has 0 aliphatic rings. The molecule has 0 fully saturated rings. The number of imidazole rings is 1. The van der Waals surface area contributed by atoms with Crippen LogP contribution in [0.2, 0.25) is 0 Å². The number of hydrogen-bond acceptors (Lipinski definition) is 5. The lowest BCUT2D eigenvalue weighted by molar-refractivity contribution is 0.0946. The molecule has 3 aromatic rings. The Morgan fingerprint density at radius 1 is 1.21 bits per heavy atom. The molecule has 0 aliphatic heterocycles. The molecular weight excluding hydrogens is 306 g/mol. The third kappa shape index (κ3) is 3.40. The SMILES string of the molecule is CCOc1ncccc1C(=O)NCc1cccnc1-n1ccnc1. The number of nitrogens with one attached hydrogen (secondary N) is 1. The quantitative estimate of drug-likeness (QED) is 0.750. The van der Waals surface area contributed by atoms with Crippen molar-refractivity contribution in [2.24, 2.45) is 0 Å². The van der Waals surface area contributed by atoms with Crippen LogP contribution in [0.1, 0.15) is 22.8 Å². The first kappa shape index (κ1) is 15.7. The molecule has 0 aromatic carbocycles. The zero-order valence-corrected chi connectivity index (χ0v) is 13.2. The maximum absolute atomic E-state index is 12.4. The number of rotatable bonds is 6. The summed E-state index contributed by atoms with van der Waals surface area (Å²) in [6.45, 7) is 2.63. The Morgan fingerprint density at radius 3 is 2.83 bits per heavy atom. The van der Waals surface area contributed by atoms with E-state index >= 15 is 0 Å². The van der Waals surface area contributed by atoms with Gasteiger partial charge in [0.15, 0.2) is 0 Å². The first-order valence-electron chi connectivity index (χ1n) is 7.58. The summed E-state index contributed by atoms with van der Waals surface area (Å²) in [6, 6.07) is 7.14. The lowest BCUT2D eigenvalue weighted by Crippen LogP contribution is -2.24. The molecule has 0 saturated carbocycles. The molecule has 0 radical (unpaired) electrons. The van der Waals surface area contributed by atoms with E-state index in [9.17, 15) is 4.79 Å². The van der Waals surface area contributed by atoms with Crippen LogP contribution >= 0.6 is 0 Å². The molecule has 3 heterocycles. The second-order valence-electron chi connectivity index (χ2n) is 4.93. The minimum absolute atomic E-state index is 0.244. The highest BCUT2D eigenvalue weighted by molar-refractivity contribution is 5.96. The Labute approximate surface area is 139 Å². The molecule has 0 atom stereocenters. The molecule has 0 spiro atoms. The molecule has 0 unspecified atom stereocenters. The Bertz CT molecular complexity index is 817. The topological polar surface area (TPSA) is 81.9 Å². The highest BCUT2D eigenvalue weighted by atomic mass is 16.5. The van der Waals surface area contributed by atoms with Crippen LogP contribution in [0, 0.1) is 0 Å². The first-order valence-corrected chi connectivity index (χ1v) is 7.58. The zero-order chi connectivity index (χ0) is 16.8. The summed E-state index contributed by atoms with van der Waals surface area (Å²) in [5.41, 5.74) is 1.29. The predicted octanol–water partition coefficient (Wildman–Crippen LogP) is 1.99. The van der Waals surface area contributed by atoms with E-state index in [1.165, 1.54) is 0 Å². The third-order valence-corrected chi connectivity index (χ3v) is 3.35. The molecule has 24 heavy (non-hydrogen) atoms. The summed E-state index contributed by atoms with van der Waals surface area (Å²) in [7, 11) is 0. The number of aromatic nitrogens is 4. The van der Waals surface area contributed by atoms with E-state index in [4.69, 9.17) is 4.74 Å². The monoisotopic (exact) mass is 323 g/mol. The Hall–Kier alpha value is -3.22. The Balaban J connectivity index is 1.76. The fraction of sp³-hybridized carbons (Fsp3) is 0.176. The minimum atomic E-state index is -0.244. The number of carbonyl (C=O) groups excluding carboxylic acids is 1. The normalized spacial score (nSPS) is 10.4. The van der Waals surface area contributed by atoms with Gasteiger partial charge in [0.05, 0.1) is 6.61 Å². The average molecular weight is 323 g/mol. The average Bonchev–Trinajstić information content (AvgIpc) is 3.15. The van der Waals surface area contributed by atoms with Crippen LogP contribution in [0.25, 0.3) is 5.82 Å². The molecule has 1 N–H and O–H groups in total. The van der Waals surface area contributed by atoms with Gasteiger partial charge in [0.1, 0.15) is 17.7 Å². The molecule has 3 rings (SSSR count). The lowest BCUT2D eigenvalue weighted by atomic mass is 10.2. The van der Waals surface area contributed by atoms with E-state index in [-0.39, 0.29) is 5.91 Å². The summed E-state index contributed by atoms with van der Waals surface area (Å²) < 4.78 is 7.20. The van der Waals surface area contributed by atoms with E-state index in [1.54, 1.807) is 41.6 Å². The van der Waals surface area contributed by atoms with Gasteiger partial charge in [-0.1, -0.05) is 6.07 Å². The van der Waals surface area contributed by atoms with Gasteiger partial charge in [0.2, 0.25) is 5.88 Å². The summed E-state index contributed by atoms with van der Waals surface area (Å²) in [6.07, 6.45) is 8.46. The fourth-order valence-corrected chi connectivity index (χ4v) is 2.27. The van der Waals surface area contributed by atoms with Crippen molar-refractivity contribution in [1.82, 2.24) is 24.8 Å². The number of hydrogen-bond donors (Lipinski definition) is 1. The van der Waals surface area contributed by atoms with Crippen LogP contribution < -0.4 is 10.1 Å². The van der Waals surface area contributed by atoms with Gasteiger partial charge in [0, 0.05) is 36.9 Å². The highest BCUT2D eigenvalue weighted by Gasteiger charge is 2.14. The molecule has 7 heteroatoms. The van der Waals surface area contributed by atoms with Crippen LogP contribution in [-0.4, -0.2) is 32.0 Å². The lowest BCUT2D eigenvalue weighted by Gasteiger charge is -2.11. The van der Waals surface area contributed by atoms with Crippen molar-refractivity contribution in [3.05, 3.63) is 66.5 Å².